The molecule has 0 saturated carbocycles. The first-order chi connectivity index (χ1) is 10.7. The standard InChI is InChI=1S/C17H15N3O2/c1-13(16-5-4-12-22-16)18-19-17(21)14-6-8-15(9-7-14)20-10-2-3-11-20/h2-12H,1H3,(H,19,21)/b18-13-. The lowest BCUT2D eigenvalue weighted by Gasteiger charge is -2.05. The number of benzene rings is 1. The molecule has 0 unspecified atom stereocenters. The first-order valence-corrected chi connectivity index (χ1v) is 6.86. The summed E-state index contributed by atoms with van der Waals surface area (Å²) in [5.74, 6) is 0.369. The molecule has 0 aliphatic carbocycles. The smallest absolute Gasteiger partial charge is 0.271 e. The van der Waals surface area contributed by atoms with Crippen molar-refractivity contribution in [2.75, 3.05) is 0 Å². The summed E-state index contributed by atoms with van der Waals surface area (Å²) in [4.78, 5) is 12.1. The predicted octanol–water partition coefficient (Wildman–Crippen LogP) is 3.22. The Morgan fingerprint density at radius 2 is 1.82 bits per heavy atom. The van der Waals surface area contributed by atoms with Gasteiger partial charge in [-0.1, -0.05) is 0 Å². The fourth-order valence-electron chi connectivity index (χ4n) is 2.03. The molecule has 2 aromatic heterocycles. The first kappa shape index (κ1) is 13.9. The second kappa shape index (κ2) is 6.13. The zero-order chi connectivity index (χ0) is 15.4. The van der Waals surface area contributed by atoms with Gasteiger partial charge in [0.15, 0.2) is 0 Å². The Hall–Kier alpha value is -3.08. The van der Waals surface area contributed by atoms with Crippen LogP contribution in [0.1, 0.15) is 23.0 Å². The van der Waals surface area contributed by atoms with Crippen LogP contribution in [0.3, 0.4) is 0 Å². The van der Waals surface area contributed by atoms with Crippen molar-refractivity contribution in [2.45, 2.75) is 6.92 Å². The fraction of sp³-hybridized carbons (Fsp3) is 0.0588. The third kappa shape index (κ3) is 2.98. The average molecular weight is 293 g/mol. The Bertz CT molecular complexity index is 770. The van der Waals surface area contributed by atoms with Crippen molar-refractivity contribution in [1.82, 2.24) is 9.99 Å². The monoisotopic (exact) mass is 293 g/mol. The number of rotatable bonds is 4. The lowest BCUT2D eigenvalue weighted by atomic mass is 10.2. The topological polar surface area (TPSA) is 59.5 Å². The van der Waals surface area contributed by atoms with Crippen LogP contribution in [0, 0.1) is 0 Å². The Kier molecular flexibility index (Phi) is 3.87. The fourth-order valence-corrected chi connectivity index (χ4v) is 2.03. The van der Waals surface area contributed by atoms with Gasteiger partial charge in [-0.05, 0) is 55.5 Å². The molecule has 1 amide bonds. The molecule has 0 radical (unpaired) electrons. The maximum absolute atomic E-state index is 12.1. The van der Waals surface area contributed by atoms with Crippen LogP contribution < -0.4 is 5.43 Å². The second-order valence-corrected chi connectivity index (χ2v) is 4.75. The molecular formula is C17H15N3O2. The molecular weight excluding hydrogens is 278 g/mol. The molecule has 0 atom stereocenters. The number of carbonyl (C=O) groups is 1. The molecule has 3 aromatic rings. The summed E-state index contributed by atoms with van der Waals surface area (Å²) in [6, 6.07) is 14.8. The van der Waals surface area contributed by atoms with E-state index in [2.05, 4.69) is 10.5 Å². The predicted molar refractivity (Wildman–Crippen MR) is 84.2 cm³/mol. The van der Waals surface area contributed by atoms with Crippen LogP contribution in [0.25, 0.3) is 5.69 Å². The van der Waals surface area contributed by atoms with E-state index < -0.39 is 0 Å². The lowest BCUT2D eigenvalue weighted by molar-refractivity contribution is 0.0955. The number of carbonyl (C=O) groups excluding carboxylic acids is 1. The molecule has 0 aliphatic rings. The van der Waals surface area contributed by atoms with E-state index >= 15 is 0 Å². The molecule has 0 saturated heterocycles. The summed E-state index contributed by atoms with van der Waals surface area (Å²) in [7, 11) is 0. The highest BCUT2D eigenvalue weighted by Crippen LogP contribution is 2.10. The average Bonchev–Trinajstić information content (AvgIpc) is 3.25. The lowest BCUT2D eigenvalue weighted by Crippen LogP contribution is -2.19. The van der Waals surface area contributed by atoms with E-state index in [0.29, 0.717) is 17.0 Å². The van der Waals surface area contributed by atoms with Crippen LogP contribution in [-0.4, -0.2) is 16.2 Å². The van der Waals surface area contributed by atoms with E-state index in [0.717, 1.165) is 5.69 Å². The number of amides is 1. The quantitative estimate of drug-likeness (QED) is 0.593. The summed E-state index contributed by atoms with van der Waals surface area (Å²) in [6.07, 6.45) is 5.47. The molecule has 3 rings (SSSR count). The van der Waals surface area contributed by atoms with E-state index in [9.17, 15) is 4.79 Å². The molecule has 1 N–H and O–H groups in total. The normalized spacial score (nSPS) is 11.4. The highest BCUT2D eigenvalue weighted by molar-refractivity contribution is 5.99. The minimum atomic E-state index is -0.259. The molecule has 5 nitrogen and oxygen atoms in total. The van der Waals surface area contributed by atoms with Crippen molar-refractivity contribution < 1.29 is 9.21 Å². The number of aromatic nitrogens is 1. The van der Waals surface area contributed by atoms with Gasteiger partial charge in [0.05, 0.1) is 6.26 Å². The summed E-state index contributed by atoms with van der Waals surface area (Å²) in [5.41, 5.74) is 4.68. The van der Waals surface area contributed by atoms with Crippen molar-refractivity contribution in [1.29, 1.82) is 0 Å². The molecule has 1 aromatic carbocycles. The van der Waals surface area contributed by atoms with Crippen LogP contribution in [0.4, 0.5) is 0 Å². The number of hydrazone groups is 1. The van der Waals surface area contributed by atoms with Crippen molar-refractivity contribution in [3.05, 3.63) is 78.5 Å². The molecule has 0 spiro atoms. The molecule has 0 fully saturated rings. The Morgan fingerprint density at radius 1 is 1.09 bits per heavy atom. The first-order valence-electron chi connectivity index (χ1n) is 6.86. The SMILES string of the molecule is C/C(=N/NC(=O)c1ccc(-n2cccc2)cc1)c1ccco1. The van der Waals surface area contributed by atoms with Gasteiger partial charge in [-0.3, -0.25) is 4.79 Å². The van der Waals surface area contributed by atoms with Gasteiger partial charge in [0.2, 0.25) is 0 Å². The second-order valence-electron chi connectivity index (χ2n) is 4.75. The molecule has 22 heavy (non-hydrogen) atoms. The minimum absolute atomic E-state index is 0.259. The van der Waals surface area contributed by atoms with Crippen molar-refractivity contribution in [2.24, 2.45) is 5.10 Å². The minimum Gasteiger partial charge on any atom is -0.463 e. The van der Waals surface area contributed by atoms with Crippen LogP contribution in [0.2, 0.25) is 0 Å². The highest BCUT2D eigenvalue weighted by Gasteiger charge is 2.06. The molecule has 5 heteroatoms. The van der Waals surface area contributed by atoms with E-state index in [4.69, 9.17) is 4.42 Å². The third-order valence-electron chi connectivity index (χ3n) is 3.24. The van der Waals surface area contributed by atoms with Crippen molar-refractivity contribution in [3.63, 3.8) is 0 Å². The van der Waals surface area contributed by atoms with E-state index in [1.807, 2.05) is 41.2 Å². The Labute approximate surface area is 127 Å². The van der Waals surface area contributed by atoms with E-state index in [1.54, 1.807) is 37.5 Å². The maximum Gasteiger partial charge on any atom is 0.271 e. The molecule has 0 aliphatic heterocycles. The van der Waals surface area contributed by atoms with Crippen molar-refractivity contribution in [3.8, 4) is 5.69 Å². The summed E-state index contributed by atoms with van der Waals surface area (Å²) >= 11 is 0. The molecule has 2 heterocycles. The Balaban J connectivity index is 1.69. The van der Waals surface area contributed by atoms with Crippen LogP contribution in [0.5, 0.6) is 0 Å². The van der Waals surface area contributed by atoms with Gasteiger partial charge in [0, 0.05) is 23.6 Å². The van der Waals surface area contributed by atoms with Gasteiger partial charge in [-0.2, -0.15) is 5.10 Å². The molecule has 0 bridgehead atoms. The van der Waals surface area contributed by atoms with Gasteiger partial charge >= 0.3 is 0 Å². The Morgan fingerprint density at radius 3 is 2.45 bits per heavy atom. The number of hydrogen-bond acceptors (Lipinski definition) is 3. The van der Waals surface area contributed by atoms with Gasteiger partial charge in [-0.15, -0.1) is 0 Å². The van der Waals surface area contributed by atoms with Crippen LogP contribution >= 0.6 is 0 Å². The van der Waals surface area contributed by atoms with Crippen LogP contribution in [0.15, 0.2) is 76.7 Å². The van der Waals surface area contributed by atoms with E-state index in [-0.39, 0.29) is 5.91 Å². The summed E-state index contributed by atoms with van der Waals surface area (Å²) in [5, 5.41) is 4.03. The largest absolute Gasteiger partial charge is 0.463 e. The van der Waals surface area contributed by atoms with Gasteiger partial charge in [0.1, 0.15) is 11.5 Å². The van der Waals surface area contributed by atoms with Gasteiger partial charge < -0.3 is 8.98 Å². The number of hydrogen-bond donors (Lipinski definition) is 1. The summed E-state index contributed by atoms with van der Waals surface area (Å²) < 4.78 is 7.18. The maximum atomic E-state index is 12.1. The number of furan rings is 1. The third-order valence-corrected chi connectivity index (χ3v) is 3.24. The molecule has 110 valence electrons. The zero-order valence-corrected chi connectivity index (χ0v) is 12.1. The number of nitrogens with one attached hydrogen (secondary N) is 1. The highest BCUT2D eigenvalue weighted by atomic mass is 16.3. The number of nitrogens with zero attached hydrogens (tertiary/aromatic N) is 2. The van der Waals surface area contributed by atoms with Crippen LogP contribution in [-0.2, 0) is 0 Å². The van der Waals surface area contributed by atoms with Gasteiger partial charge in [-0.25, -0.2) is 5.43 Å². The van der Waals surface area contributed by atoms with Gasteiger partial charge in [0.25, 0.3) is 5.91 Å². The van der Waals surface area contributed by atoms with E-state index in [1.165, 1.54) is 0 Å². The van der Waals surface area contributed by atoms with Crippen molar-refractivity contribution >= 4 is 11.6 Å². The zero-order valence-electron chi connectivity index (χ0n) is 12.1. The summed E-state index contributed by atoms with van der Waals surface area (Å²) in [6.45, 7) is 1.77.